The fourth-order valence-electron chi connectivity index (χ4n) is 3.03. The minimum Gasteiger partial charge on any atom is -0.481 e. The number of aliphatic carboxylic acids is 1. The first-order valence-electron chi connectivity index (χ1n) is 7.77. The number of fused-ring (bicyclic) bond motifs is 1. The van der Waals surface area contributed by atoms with E-state index in [-0.39, 0.29) is 35.4 Å². The summed E-state index contributed by atoms with van der Waals surface area (Å²) in [5.74, 6) is -2.19. The molecule has 26 heavy (non-hydrogen) atoms. The molecule has 0 aliphatic heterocycles. The molecule has 3 rings (SSSR count). The van der Waals surface area contributed by atoms with Crippen LogP contribution in [0, 0.1) is 11.8 Å². The van der Waals surface area contributed by atoms with E-state index >= 15 is 0 Å². The first kappa shape index (κ1) is 18.4. The van der Waals surface area contributed by atoms with Crippen molar-refractivity contribution in [1.29, 1.82) is 0 Å². The Labute approximate surface area is 150 Å². The average Bonchev–Trinajstić information content (AvgIpc) is 3.19. The molecule has 2 N–H and O–H groups in total. The number of hydrogen-bond donors (Lipinski definition) is 2. The highest BCUT2D eigenvalue weighted by Crippen LogP contribution is 2.33. The molecule has 2 heterocycles. The summed E-state index contributed by atoms with van der Waals surface area (Å²) < 4.78 is 39.9. The first-order chi connectivity index (χ1) is 12.2. The lowest BCUT2D eigenvalue weighted by Gasteiger charge is -2.11. The van der Waals surface area contributed by atoms with E-state index in [0.717, 1.165) is 16.7 Å². The number of carboxylic acids is 1. The summed E-state index contributed by atoms with van der Waals surface area (Å²) in [4.78, 5) is 23.1. The van der Waals surface area contributed by atoms with Crippen molar-refractivity contribution in [3.63, 3.8) is 0 Å². The third kappa shape index (κ3) is 3.59. The van der Waals surface area contributed by atoms with Crippen LogP contribution in [0.2, 0.25) is 5.02 Å². The molecule has 1 fully saturated rings. The van der Waals surface area contributed by atoms with Gasteiger partial charge in [0.25, 0.3) is 0 Å². The topological polar surface area (TPSA) is 96.6 Å². The Morgan fingerprint density at radius 1 is 1.31 bits per heavy atom. The summed E-state index contributed by atoms with van der Waals surface area (Å²) in [6.07, 6.45) is -2.65. The molecular weight excluding hydrogens is 377 g/mol. The van der Waals surface area contributed by atoms with Gasteiger partial charge in [-0.2, -0.15) is 13.2 Å². The van der Waals surface area contributed by atoms with E-state index in [1.807, 2.05) is 0 Å². The summed E-state index contributed by atoms with van der Waals surface area (Å²) in [6.45, 7) is -0.147. The molecule has 2 atom stereocenters. The molecule has 1 aliphatic carbocycles. The summed E-state index contributed by atoms with van der Waals surface area (Å²) in [5, 5.41) is 18.9. The van der Waals surface area contributed by atoms with Crippen molar-refractivity contribution in [3.8, 4) is 0 Å². The van der Waals surface area contributed by atoms with Crippen molar-refractivity contribution in [2.45, 2.75) is 32.0 Å². The molecule has 7 nitrogen and oxygen atoms in total. The summed E-state index contributed by atoms with van der Waals surface area (Å²) in [6, 6.07) is 0.762. The third-order valence-electron chi connectivity index (χ3n) is 4.43. The molecule has 0 aromatic carbocycles. The molecule has 0 bridgehead atoms. The third-order valence-corrected chi connectivity index (χ3v) is 4.71. The van der Waals surface area contributed by atoms with E-state index in [9.17, 15) is 22.8 Å². The number of halogens is 4. The average molecular weight is 391 g/mol. The van der Waals surface area contributed by atoms with Crippen molar-refractivity contribution in [1.82, 2.24) is 19.9 Å². The molecule has 1 aliphatic rings. The maximum Gasteiger partial charge on any atom is 0.417 e. The Kier molecular flexibility index (Phi) is 4.78. The Morgan fingerprint density at radius 2 is 2.00 bits per heavy atom. The number of hydrogen-bond acceptors (Lipinski definition) is 4. The number of nitrogens with zero attached hydrogens (tertiary/aromatic N) is 3. The number of carbonyl (C=O) groups excluding carboxylic acids is 1. The number of alkyl halides is 3. The molecule has 0 saturated heterocycles. The summed E-state index contributed by atoms with van der Waals surface area (Å²) in [7, 11) is 0. The SMILES string of the molecule is O=C(O)[C@@H]1CC[C@H](C(=O)NCc2nnc3c(Cl)cc(C(F)(F)F)cn23)C1. The minimum absolute atomic E-state index is 0.0516. The Balaban J connectivity index is 1.74. The van der Waals surface area contributed by atoms with Crippen molar-refractivity contribution in [2.24, 2.45) is 11.8 Å². The predicted octanol–water partition coefficient (Wildman–Crippen LogP) is 2.52. The van der Waals surface area contributed by atoms with Crippen LogP contribution in [0.4, 0.5) is 13.2 Å². The van der Waals surface area contributed by atoms with Crippen LogP contribution in [0.3, 0.4) is 0 Å². The van der Waals surface area contributed by atoms with Gasteiger partial charge in [0.2, 0.25) is 5.91 Å². The van der Waals surface area contributed by atoms with Gasteiger partial charge in [-0.25, -0.2) is 0 Å². The highest BCUT2D eigenvalue weighted by Gasteiger charge is 2.34. The monoisotopic (exact) mass is 390 g/mol. The van der Waals surface area contributed by atoms with E-state index in [1.165, 1.54) is 0 Å². The first-order valence-corrected chi connectivity index (χ1v) is 8.15. The van der Waals surface area contributed by atoms with E-state index < -0.39 is 29.5 Å². The highest BCUT2D eigenvalue weighted by molar-refractivity contribution is 6.33. The smallest absolute Gasteiger partial charge is 0.417 e. The second-order valence-corrected chi connectivity index (χ2v) is 6.55. The lowest BCUT2D eigenvalue weighted by atomic mass is 10.0. The molecule has 2 aromatic rings. The standard InChI is InChI=1S/C15H14ClF3N4O3/c16-10-4-9(15(17,18)19)6-23-11(21-22-12(10)23)5-20-13(24)7-1-2-8(3-7)14(25)26/h4,6-8H,1-3,5H2,(H,20,24)(H,25,26)/t7-,8+/m0/s1. The number of nitrogens with one attached hydrogen (secondary N) is 1. The van der Waals surface area contributed by atoms with Crippen LogP contribution in [0.1, 0.15) is 30.7 Å². The Hall–Kier alpha value is -2.36. The van der Waals surface area contributed by atoms with Crippen molar-refractivity contribution in [3.05, 3.63) is 28.7 Å². The van der Waals surface area contributed by atoms with Crippen molar-refractivity contribution < 1.29 is 27.9 Å². The molecule has 140 valence electrons. The molecule has 1 saturated carbocycles. The van der Waals surface area contributed by atoms with Gasteiger partial charge in [-0.3, -0.25) is 14.0 Å². The zero-order valence-electron chi connectivity index (χ0n) is 13.3. The van der Waals surface area contributed by atoms with Gasteiger partial charge in [-0.15, -0.1) is 10.2 Å². The lowest BCUT2D eigenvalue weighted by Crippen LogP contribution is -2.30. The minimum atomic E-state index is -4.59. The highest BCUT2D eigenvalue weighted by atomic mass is 35.5. The fraction of sp³-hybridized carbons (Fsp3) is 0.467. The molecule has 0 unspecified atom stereocenters. The number of carbonyl (C=O) groups is 2. The van der Waals surface area contributed by atoms with Crippen LogP contribution >= 0.6 is 11.6 Å². The van der Waals surface area contributed by atoms with Gasteiger partial charge < -0.3 is 10.4 Å². The Bertz CT molecular complexity index is 868. The van der Waals surface area contributed by atoms with E-state index in [4.69, 9.17) is 16.7 Å². The van der Waals surface area contributed by atoms with Crippen molar-refractivity contribution >= 4 is 29.1 Å². The normalized spacial score (nSPS) is 20.5. The van der Waals surface area contributed by atoms with Crippen LogP contribution in [0.25, 0.3) is 5.65 Å². The summed E-state index contributed by atoms with van der Waals surface area (Å²) in [5.41, 5.74) is -0.904. The quantitative estimate of drug-likeness (QED) is 0.836. The van der Waals surface area contributed by atoms with E-state index in [1.54, 1.807) is 0 Å². The molecular formula is C15H14ClF3N4O3. The predicted molar refractivity (Wildman–Crippen MR) is 83.3 cm³/mol. The van der Waals surface area contributed by atoms with Crippen LogP contribution in [-0.2, 0) is 22.3 Å². The number of pyridine rings is 1. The van der Waals surface area contributed by atoms with Gasteiger partial charge in [-0.05, 0) is 25.3 Å². The van der Waals surface area contributed by atoms with Crippen LogP contribution in [-0.4, -0.2) is 31.6 Å². The summed E-state index contributed by atoms with van der Waals surface area (Å²) >= 11 is 5.83. The molecule has 2 aromatic heterocycles. The van der Waals surface area contributed by atoms with Gasteiger partial charge in [0, 0.05) is 12.1 Å². The second-order valence-electron chi connectivity index (χ2n) is 6.15. The molecule has 0 spiro atoms. The van der Waals surface area contributed by atoms with Crippen LogP contribution in [0.5, 0.6) is 0 Å². The van der Waals surface area contributed by atoms with Gasteiger partial charge in [0.05, 0.1) is 23.0 Å². The fourth-order valence-corrected chi connectivity index (χ4v) is 3.28. The maximum atomic E-state index is 12.9. The molecule has 11 heteroatoms. The van der Waals surface area contributed by atoms with Gasteiger partial charge >= 0.3 is 12.1 Å². The van der Waals surface area contributed by atoms with Gasteiger partial charge in [0.15, 0.2) is 11.5 Å². The molecule has 1 amide bonds. The van der Waals surface area contributed by atoms with Gasteiger partial charge in [0.1, 0.15) is 0 Å². The Morgan fingerprint density at radius 3 is 2.62 bits per heavy atom. The zero-order valence-corrected chi connectivity index (χ0v) is 14.0. The number of amides is 1. The van der Waals surface area contributed by atoms with E-state index in [2.05, 4.69) is 15.5 Å². The number of carboxylic acid groups (broad SMARTS) is 1. The largest absolute Gasteiger partial charge is 0.481 e. The maximum absolute atomic E-state index is 12.9. The van der Waals surface area contributed by atoms with Crippen LogP contribution < -0.4 is 5.32 Å². The van der Waals surface area contributed by atoms with Crippen LogP contribution in [0.15, 0.2) is 12.3 Å². The molecule has 0 radical (unpaired) electrons. The van der Waals surface area contributed by atoms with Gasteiger partial charge in [-0.1, -0.05) is 11.6 Å². The number of rotatable bonds is 4. The van der Waals surface area contributed by atoms with Crippen molar-refractivity contribution in [2.75, 3.05) is 0 Å². The lowest BCUT2D eigenvalue weighted by molar-refractivity contribution is -0.141. The second kappa shape index (κ2) is 6.75. The van der Waals surface area contributed by atoms with E-state index in [0.29, 0.717) is 12.8 Å². The number of aromatic nitrogens is 3. The zero-order chi connectivity index (χ0) is 19.1.